The Morgan fingerprint density at radius 1 is 1.52 bits per heavy atom. The molecule has 0 aromatic carbocycles. The van der Waals surface area contributed by atoms with E-state index in [-0.39, 0.29) is 25.1 Å². The second kappa shape index (κ2) is 6.45. The van der Waals surface area contributed by atoms with Crippen LogP contribution in [0.5, 0.6) is 0 Å². The van der Waals surface area contributed by atoms with Crippen LogP contribution in [0.4, 0.5) is 0 Å². The first kappa shape index (κ1) is 17.7. The Bertz CT molecular complexity index is 527. The third-order valence-corrected chi connectivity index (χ3v) is 5.20. The molecule has 1 heterocycles. The predicted octanol–water partition coefficient (Wildman–Crippen LogP) is 0.829. The van der Waals surface area contributed by atoms with Crippen molar-refractivity contribution in [3.63, 3.8) is 0 Å². The van der Waals surface area contributed by atoms with E-state index >= 15 is 0 Å². The molecular formula is C17H24O6. The number of hydrogen-bond donors (Lipinski definition) is 2. The molecule has 0 spiro atoms. The smallest absolute Gasteiger partial charge is 0.309 e. The molecular weight excluding hydrogens is 300 g/mol. The van der Waals surface area contributed by atoms with Crippen LogP contribution in [0.15, 0.2) is 24.8 Å². The quantitative estimate of drug-likeness (QED) is 0.575. The molecule has 6 heteroatoms. The van der Waals surface area contributed by atoms with E-state index in [0.717, 1.165) is 0 Å². The summed E-state index contributed by atoms with van der Waals surface area (Å²) in [4.78, 5) is 23.5. The van der Waals surface area contributed by atoms with Gasteiger partial charge in [0, 0.05) is 24.2 Å². The van der Waals surface area contributed by atoms with Crippen LogP contribution in [0.3, 0.4) is 0 Å². The van der Waals surface area contributed by atoms with Gasteiger partial charge >= 0.3 is 11.9 Å². The Hall–Kier alpha value is -1.66. The van der Waals surface area contributed by atoms with Gasteiger partial charge in [0.05, 0.1) is 19.1 Å². The molecule has 1 saturated carbocycles. The first-order valence-corrected chi connectivity index (χ1v) is 7.72. The van der Waals surface area contributed by atoms with Crippen LogP contribution >= 0.6 is 0 Å². The molecule has 128 valence electrons. The second-order valence-electron chi connectivity index (χ2n) is 6.51. The molecule has 2 aliphatic rings. The zero-order valence-electron chi connectivity index (χ0n) is 13.5. The Labute approximate surface area is 135 Å². The van der Waals surface area contributed by atoms with Gasteiger partial charge in [-0.05, 0) is 12.0 Å². The van der Waals surface area contributed by atoms with Crippen LogP contribution in [0.1, 0.15) is 20.3 Å². The fourth-order valence-electron chi connectivity index (χ4n) is 4.06. The number of fused-ring (bicyclic) bond motifs is 1. The maximum atomic E-state index is 12.1. The fourth-order valence-corrected chi connectivity index (χ4v) is 4.06. The molecule has 0 aromatic rings. The Kier molecular flexibility index (Phi) is 4.96. The summed E-state index contributed by atoms with van der Waals surface area (Å²) in [6, 6.07) is 0. The van der Waals surface area contributed by atoms with E-state index in [1.165, 1.54) is 6.92 Å². The maximum Gasteiger partial charge on any atom is 0.309 e. The lowest BCUT2D eigenvalue weighted by atomic mass is 9.57. The summed E-state index contributed by atoms with van der Waals surface area (Å²) in [7, 11) is 0. The summed E-state index contributed by atoms with van der Waals surface area (Å²) in [5.41, 5.74) is -0.400. The van der Waals surface area contributed by atoms with Gasteiger partial charge < -0.3 is 19.7 Å². The van der Waals surface area contributed by atoms with E-state index in [2.05, 4.69) is 13.2 Å². The molecule has 0 amide bonds. The lowest BCUT2D eigenvalue weighted by molar-refractivity contribution is -0.164. The molecule has 23 heavy (non-hydrogen) atoms. The van der Waals surface area contributed by atoms with Gasteiger partial charge in [-0.25, -0.2) is 0 Å². The van der Waals surface area contributed by atoms with Gasteiger partial charge in [0.25, 0.3) is 0 Å². The van der Waals surface area contributed by atoms with Crippen molar-refractivity contribution in [2.45, 2.75) is 32.5 Å². The molecule has 6 atom stereocenters. The van der Waals surface area contributed by atoms with Crippen molar-refractivity contribution in [3.8, 4) is 0 Å². The molecule has 2 N–H and O–H groups in total. The van der Waals surface area contributed by atoms with E-state index in [0.29, 0.717) is 12.0 Å². The van der Waals surface area contributed by atoms with Crippen molar-refractivity contribution in [1.29, 1.82) is 0 Å². The van der Waals surface area contributed by atoms with Crippen molar-refractivity contribution in [1.82, 2.24) is 0 Å². The highest BCUT2D eigenvalue weighted by atomic mass is 16.6. The number of hydrogen-bond acceptors (Lipinski definition) is 6. The number of aliphatic hydroxyl groups excluding tert-OH is 2. The first-order chi connectivity index (χ1) is 10.8. The fraction of sp³-hybridized carbons (Fsp3) is 0.647. The predicted molar refractivity (Wildman–Crippen MR) is 82.1 cm³/mol. The van der Waals surface area contributed by atoms with Crippen molar-refractivity contribution in [2.24, 2.45) is 23.2 Å². The number of esters is 2. The molecule has 0 bridgehead atoms. The third kappa shape index (κ3) is 2.81. The highest BCUT2D eigenvalue weighted by molar-refractivity contribution is 5.75. The van der Waals surface area contributed by atoms with E-state index < -0.39 is 35.4 Å². The lowest BCUT2D eigenvalue weighted by Gasteiger charge is -2.49. The maximum absolute atomic E-state index is 12.1. The average Bonchev–Trinajstić information content (AvgIpc) is 2.81. The van der Waals surface area contributed by atoms with Gasteiger partial charge in [0.15, 0.2) is 0 Å². The van der Waals surface area contributed by atoms with Crippen LogP contribution in [0.2, 0.25) is 0 Å². The monoisotopic (exact) mass is 324 g/mol. The largest absolute Gasteiger partial charge is 0.462 e. The van der Waals surface area contributed by atoms with E-state index in [9.17, 15) is 19.8 Å². The summed E-state index contributed by atoms with van der Waals surface area (Å²) < 4.78 is 10.9. The Morgan fingerprint density at radius 2 is 2.17 bits per heavy atom. The molecule has 2 fully saturated rings. The minimum Gasteiger partial charge on any atom is -0.462 e. The molecule has 2 rings (SSSR count). The van der Waals surface area contributed by atoms with Crippen LogP contribution in [0, 0.1) is 23.2 Å². The molecule has 1 saturated heterocycles. The van der Waals surface area contributed by atoms with Gasteiger partial charge in [-0.15, -0.1) is 6.58 Å². The average molecular weight is 324 g/mol. The SMILES string of the molecule is C=CC1(CO)CC(OC(C)=O)C2C(C)C(=O)OC2C1C(=C)CO. The summed E-state index contributed by atoms with van der Waals surface area (Å²) >= 11 is 0. The Balaban J connectivity index is 2.51. The molecule has 0 radical (unpaired) electrons. The zero-order chi connectivity index (χ0) is 17.4. The molecule has 0 aromatic heterocycles. The zero-order valence-corrected chi connectivity index (χ0v) is 13.5. The van der Waals surface area contributed by atoms with Crippen molar-refractivity contribution < 1.29 is 29.3 Å². The number of carbonyl (C=O) groups is 2. The number of carbonyl (C=O) groups excluding carboxylic acids is 2. The van der Waals surface area contributed by atoms with Crippen molar-refractivity contribution in [3.05, 3.63) is 24.8 Å². The van der Waals surface area contributed by atoms with E-state index in [1.807, 2.05) is 0 Å². The minimum atomic E-state index is -0.870. The van der Waals surface area contributed by atoms with Crippen LogP contribution in [0.25, 0.3) is 0 Å². The summed E-state index contributed by atoms with van der Waals surface area (Å²) in [6.07, 6.45) is 0.715. The number of rotatable bonds is 5. The first-order valence-electron chi connectivity index (χ1n) is 7.72. The van der Waals surface area contributed by atoms with E-state index in [1.54, 1.807) is 13.0 Å². The van der Waals surface area contributed by atoms with Gasteiger partial charge in [-0.3, -0.25) is 9.59 Å². The second-order valence-corrected chi connectivity index (χ2v) is 6.51. The molecule has 6 nitrogen and oxygen atoms in total. The topological polar surface area (TPSA) is 93.1 Å². The standard InChI is InChI=1S/C17H24O6/c1-5-17(8-19)6-12(22-11(4)20)13-10(3)16(21)23-15(13)14(17)9(2)7-18/h5,10,12-15,18-19H,1-2,6-8H2,3-4H3. The van der Waals surface area contributed by atoms with Crippen LogP contribution < -0.4 is 0 Å². The van der Waals surface area contributed by atoms with Crippen LogP contribution in [-0.2, 0) is 19.1 Å². The van der Waals surface area contributed by atoms with Gasteiger partial charge in [-0.2, -0.15) is 0 Å². The third-order valence-electron chi connectivity index (χ3n) is 5.20. The molecule has 6 unspecified atom stereocenters. The normalized spacial score (nSPS) is 39.3. The number of aliphatic hydroxyl groups is 2. The van der Waals surface area contributed by atoms with E-state index in [4.69, 9.17) is 9.47 Å². The van der Waals surface area contributed by atoms with Crippen LogP contribution in [-0.4, -0.2) is 47.6 Å². The highest BCUT2D eigenvalue weighted by Gasteiger charge is 2.60. The number of ether oxygens (including phenoxy) is 2. The van der Waals surface area contributed by atoms with Gasteiger partial charge in [0.1, 0.15) is 12.2 Å². The summed E-state index contributed by atoms with van der Waals surface area (Å²) in [5.74, 6) is -2.05. The lowest BCUT2D eigenvalue weighted by Crippen LogP contribution is -2.55. The van der Waals surface area contributed by atoms with Gasteiger partial charge in [-0.1, -0.05) is 19.6 Å². The molecule has 1 aliphatic carbocycles. The van der Waals surface area contributed by atoms with Crippen molar-refractivity contribution >= 4 is 11.9 Å². The summed E-state index contributed by atoms with van der Waals surface area (Å²) in [6.45, 7) is 10.2. The van der Waals surface area contributed by atoms with Gasteiger partial charge in [0.2, 0.25) is 0 Å². The minimum absolute atomic E-state index is 0.271. The Morgan fingerprint density at radius 3 is 2.65 bits per heavy atom. The summed E-state index contributed by atoms with van der Waals surface area (Å²) in [5, 5.41) is 19.5. The molecule has 1 aliphatic heterocycles. The van der Waals surface area contributed by atoms with Crippen molar-refractivity contribution in [2.75, 3.05) is 13.2 Å². The highest BCUT2D eigenvalue weighted by Crippen LogP contribution is 2.53.